The average molecular weight is 252 g/mol. The molecular weight excluding hydrogens is 240 g/mol. The number of carbonyl (C=O) groups is 1. The summed E-state index contributed by atoms with van der Waals surface area (Å²) >= 11 is 0. The first-order valence-electron chi connectivity index (χ1n) is 6.34. The molecule has 3 heterocycles. The molecular formula is C15H12N2O2. The van der Waals surface area contributed by atoms with Crippen LogP contribution in [-0.4, -0.2) is 17.5 Å². The van der Waals surface area contributed by atoms with Crippen LogP contribution in [0.5, 0.6) is 5.75 Å². The summed E-state index contributed by atoms with van der Waals surface area (Å²) < 4.78 is 5.58. The van der Waals surface area contributed by atoms with E-state index in [0.717, 1.165) is 35.5 Å². The molecule has 0 spiro atoms. The highest BCUT2D eigenvalue weighted by molar-refractivity contribution is 5.98. The predicted octanol–water partition coefficient (Wildman–Crippen LogP) is 2.18. The number of nitrogens with zero attached hydrogens (tertiary/aromatic N) is 1. The number of amides is 1. The highest BCUT2D eigenvalue weighted by Gasteiger charge is 2.20. The highest BCUT2D eigenvalue weighted by Crippen LogP contribution is 2.32. The van der Waals surface area contributed by atoms with Crippen molar-refractivity contribution in [3.63, 3.8) is 0 Å². The number of anilines is 1. The van der Waals surface area contributed by atoms with E-state index in [1.807, 2.05) is 6.07 Å². The Morgan fingerprint density at radius 1 is 1.16 bits per heavy atom. The van der Waals surface area contributed by atoms with Gasteiger partial charge in [-0.25, -0.2) is 4.98 Å². The Hall–Kier alpha value is -2.36. The van der Waals surface area contributed by atoms with Crippen molar-refractivity contribution < 1.29 is 9.53 Å². The van der Waals surface area contributed by atoms with E-state index < -0.39 is 0 Å². The third-order valence-electron chi connectivity index (χ3n) is 3.60. The Labute approximate surface area is 110 Å². The molecule has 0 bridgehead atoms. The van der Waals surface area contributed by atoms with Gasteiger partial charge in [-0.1, -0.05) is 12.1 Å². The highest BCUT2D eigenvalue weighted by atomic mass is 16.5. The zero-order valence-corrected chi connectivity index (χ0v) is 10.3. The normalized spacial score (nSPS) is 15.7. The summed E-state index contributed by atoms with van der Waals surface area (Å²) in [4.78, 5) is 15.6. The van der Waals surface area contributed by atoms with Gasteiger partial charge in [0.05, 0.1) is 13.0 Å². The summed E-state index contributed by atoms with van der Waals surface area (Å²) in [5, 5.41) is 2.74. The van der Waals surface area contributed by atoms with E-state index in [-0.39, 0.29) is 5.91 Å². The van der Waals surface area contributed by atoms with Gasteiger partial charge in [0.15, 0.2) is 0 Å². The third kappa shape index (κ3) is 1.68. The van der Waals surface area contributed by atoms with Gasteiger partial charge >= 0.3 is 0 Å². The maximum absolute atomic E-state index is 11.3. The molecule has 2 aromatic rings. The molecule has 2 aliphatic heterocycles. The Kier molecular flexibility index (Phi) is 2.12. The van der Waals surface area contributed by atoms with E-state index in [2.05, 4.69) is 28.5 Å². The molecule has 1 N–H and O–H groups in total. The first-order valence-corrected chi connectivity index (χ1v) is 6.34. The third-order valence-corrected chi connectivity index (χ3v) is 3.60. The van der Waals surface area contributed by atoms with Crippen LogP contribution in [0.3, 0.4) is 0 Å². The molecule has 0 radical (unpaired) electrons. The van der Waals surface area contributed by atoms with Crippen LogP contribution in [-0.2, 0) is 17.6 Å². The van der Waals surface area contributed by atoms with Gasteiger partial charge in [-0.3, -0.25) is 4.79 Å². The first kappa shape index (κ1) is 10.6. The molecule has 0 saturated carbocycles. The molecule has 2 aliphatic rings. The molecule has 1 amide bonds. The largest absolute Gasteiger partial charge is 0.493 e. The summed E-state index contributed by atoms with van der Waals surface area (Å²) in [6.45, 7) is 0.764. The zero-order chi connectivity index (χ0) is 12.8. The Morgan fingerprint density at radius 2 is 2.11 bits per heavy atom. The fraction of sp³-hybridized carbons (Fsp3) is 0.200. The van der Waals surface area contributed by atoms with E-state index in [0.29, 0.717) is 12.2 Å². The maximum Gasteiger partial charge on any atom is 0.230 e. The van der Waals surface area contributed by atoms with Gasteiger partial charge in [-0.2, -0.15) is 0 Å². The quantitative estimate of drug-likeness (QED) is 0.846. The van der Waals surface area contributed by atoms with Crippen molar-refractivity contribution >= 4 is 11.7 Å². The molecule has 94 valence electrons. The lowest BCUT2D eigenvalue weighted by molar-refractivity contribution is -0.115. The second-order valence-corrected chi connectivity index (χ2v) is 4.88. The molecule has 4 heteroatoms. The number of nitrogens with one attached hydrogen (secondary N) is 1. The number of aromatic nitrogens is 1. The summed E-state index contributed by atoms with van der Waals surface area (Å²) in [6.07, 6.45) is 3.19. The van der Waals surface area contributed by atoms with Crippen molar-refractivity contribution in [1.82, 2.24) is 4.98 Å². The maximum atomic E-state index is 11.3. The van der Waals surface area contributed by atoms with Crippen molar-refractivity contribution in [1.29, 1.82) is 0 Å². The van der Waals surface area contributed by atoms with Crippen LogP contribution in [0.25, 0.3) is 11.1 Å². The summed E-state index contributed by atoms with van der Waals surface area (Å²) in [7, 11) is 0. The van der Waals surface area contributed by atoms with Gasteiger partial charge in [0.2, 0.25) is 5.91 Å². The SMILES string of the molecule is O=C1Cc2cc(-c3ccc4c(c3)OCC4)cnc2N1. The molecule has 1 aromatic carbocycles. The number of hydrogen-bond donors (Lipinski definition) is 1. The lowest BCUT2D eigenvalue weighted by atomic mass is 10.0. The number of fused-ring (bicyclic) bond motifs is 2. The Balaban J connectivity index is 1.77. The second-order valence-electron chi connectivity index (χ2n) is 4.88. The fourth-order valence-electron chi connectivity index (χ4n) is 2.61. The standard InChI is InChI=1S/C15H12N2O2/c18-14-7-11-5-12(8-16-15(11)17-14)10-2-1-9-3-4-19-13(9)6-10/h1-2,5-6,8H,3-4,7H2,(H,16,17,18). The van der Waals surface area contributed by atoms with E-state index in [1.165, 1.54) is 5.56 Å². The number of pyridine rings is 1. The minimum Gasteiger partial charge on any atom is -0.493 e. The first-order chi connectivity index (χ1) is 9.29. The molecule has 19 heavy (non-hydrogen) atoms. The number of carbonyl (C=O) groups excluding carboxylic acids is 1. The number of hydrogen-bond acceptors (Lipinski definition) is 3. The van der Waals surface area contributed by atoms with Gasteiger partial charge in [0, 0.05) is 23.7 Å². The molecule has 1 aromatic heterocycles. The molecule has 0 unspecified atom stereocenters. The van der Waals surface area contributed by atoms with Gasteiger partial charge in [-0.05, 0) is 23.3 Å². The molecule has 0 aliphatic carbocycles. The van der Waals surface area contributed by atoms with Crippen molar-refractivity contribution in [3.8, 4) is 16.9 Å². The minimum absolute atomic E-state index is 0.0111. The molecule has 0 saturated heterocycles. The van der Waals surface area contributed by atoms with Crippen LogP contribution in [0, 0.1) is 0 Å². The van der Waals surface area contributed by atoms with Crippen LogP contribution in [0.4, 0.5) is 5.82 Å². The van der Waals surface area contributed by atoms with E-state index in [4.69, 9.17) is 4.74 Å². The lowest BCUT2D eigenvalue weighted by Crippen LogP contribution is -2.04. The van der Waals surface area contributed by atoms with E-state index >= 15 is 0 Å². The lowest BCUT2D eigenvalue weighted by Gasteiger charge is -2.06. The predicted molar refractivity (Wildman–Crippen MR) is 71.2 cm³/mol. The smallest absolute Gasteiger partial charge is 0.230 e. The van der Waals surface area contributed by atoms with Crippen LogP contribution >= 0.6 is 0 Å². The molecule has 4 nitrogen and oxygen atoms in total. The second kappa shape index (κ2) is 3.82. The zero-order valence-electron chi connectivity index (χ0n) is 10.3. The number of ether oxygens (including phenoxy) is 1. The minimum atomic E-state index is 0.0111. The number of benzene rings is 1. The van der Waals surface area contributed by atoms with Crippen molar-refractivity contribution in [2.45, 2.75) is 12.8 Å². The molecule has 0 fully saturated rings. The average Bonchev–Trinajstić information content (AvgIpc) is 3.01. The number of rotatable bonds is 1. The Morgan fingerprint density at radius 3 is 3.05 bits per heavy atom. The van der Waals surface area contributed by atoms with Crippen LogP contribution < -0.4 is 10.1 Å². The van der Waals surface area contributed by atoms with Gasteiger partial charge < -0.3 is 10.1 Å². The van der Waals surface area contributed by atoms with E-state index in [1.54, 1.807) is 6.20 Å². The Bertz CT molecular complexity index is 695. The van der Waals surface area contributed by atoms with Crippen LogP contribution in [0.2, 0.25) is 0 Å². The van der Waals surface area contributed by atoms with Crippen molar-refractivity contribution in [2.75, 3.05) is 11.9 Å². The van der Waals surface area contributed by atoms with Crippen molar-refractivity contribution in [3.05, 3.63) is 41.6 Å². The monoisotopic (exact) mass is 252 g/mol. The van der Waals surface area contributed by atoms with Gasteiger partial charge in [0.25, 0.3) is 0 Å². The van der Waals surface area contributed by atoms with E-state index in [9.17, 15) is 4.79 Å². The van der Waals surface area contributed by atoms with Crippen LogP contribution in [0.1, 0.15) is 11.1 Å². The summed E-state index contributed by atoms with van der Waals surface area (Å²) in [5.41, 5.74) is 4.32. The summed E-state index contributed by atoms with van der Waals surface area (Å²) in [5.74, 6) is 1.66. The molecule has 4 rings (SSSR count). The topological polar surface area (TPSA) is 51.2 Å². The van der Waals surface area contributed by atoms with Crippen molar-refractivity contribution in [2.24, 2.45) is 0 Å². The summed E-state index contributed by atoms with van der Waals surface area (Å²) in [6, 6.07) is 8.27. The van der Waals surface area contributed by atoms with Gasteiger partial charge in [-0.15, -0.1) is 0 Å². The van der Waals surface area contributed by atoms with Crippen LogP contribution in [0.15, 0.2) is 30.5 Å². The fourth-order valence-corrected chi connectivity index (χ4v) is 2.61. The molecule has 0 atom stereocenters. The van der Waals surface area contributed by atoms with Gasteiger partial charge in [0.1, 0.15) is 11.6 Å².